The van der Waals surface area contributed by atoms with E-state index in [0.29, 0.717) is 18.3 Å². The lowest BCUT2D eigenvalue weighted by atomic mass is 9.99. The first kappa shape index (κ1) is 15.8. The Morgan fingerprint density at radius 1 is 1.29 bits per heavy atom. The molecule has 0 bridgehead atoms. The van der Waals surface area contributed by atoms with Crippen molar-refractivity contribution >= 4 is 17.8 Å². The van der Waals surface area contributed by atoms with Crippen molar-refractivity contribution in [2.75, 3.05) is 19.6 Å². The second-order valence-electron chi connectivity index (χ2n) is 6.62. The van der Waals surface area contributed by atoms with Crippen LogP contribution in [-0.4, -0.2) is 53.3 Å². The Balaban J connectivity index is 1.91. The van der Waals surface area contributed by atoms with Gasteiger partial charge in [0.05, 0.1) is 0 Å². The molecule has 2 heterocycles. The van der Waals surface area contributed by atoms with Crippen LogP contribution in [0.5, 0.6) is 0 Å². The fourth-order valence-electron chi connectivity index (χ4n) is 2.85. The Hall–Kier alpha value is -1.59. The summed E-state index contributed by atoms with van der Waals surface area (Å²) in [4.78, 5) is 39.1. The van der Waals surface area contributed by atoms with Gasteiger partial charge in [0.15, 0.2) is 0 Å². The smallest absolute Gasteiger partial charge is 0.325 e. The van der Waals surface area contributed by atoms with Crippen molar-refractivity contribution in [3.63, 3.8) is 0 Å². The molecule has 0 radical (unpaired) electrons. The molecular formula is C15H25N3O3. The summed E-state index contributed by atoms with van der Waals surface area (Å²) < 4.78 is 0. The molecule has 0 saturated carbocycles. The van der Waals surface area contributed by atoms with Crippen LogP contribution >= 0.6 is 0 Å². The van der Waals surface area contributed by atoms with E-state index in [-0.39, 0.29) is 18.4 Å². The van der Waals surface area contributed by atoms with Gasteiger partial charge in [0.25, 0.3) is 5.91 Å². The third kappa shape index (κ3) is 3.74. The lowest BCUT2D eigenvalue weighted by molar-refractivity contribution is -0.138. The maximum atomic E-state index is 12.2. The van der Waals surface area contributed by atoms with E-state index >= 15 is 0 Å². The van der Waals surface area contributed by atoms with Gasteiger partial charge in [-0.3, -0.25) is 14.5 Å². The molecule has 2 aliphatic heterocycles. The highest BCUT2D eigenvalue weighted by Gasteiger charge is 2.39. The summed E-state index contributed by atoms with van der Waals surface area (Å²) in [6.07, 6.45) is 2.58. The molecular weight excluding hydrogens is 270 g/mol. The van der Waals surface area contributed by atoms with Crippen LogP contribution in [0.15, 0.2) is 0 Å². The number of hydrogen-bond donors (Lipinski definition) is 1. The van der Waals surface area contributed by atoms with E-state index in [2.05, 4.69) is 12.2 Å². The Morgan fingerprint density at radius 2 is 1.90 bits per heavy atom. The van der Waals surface area contributed by atoms with Crippen LogP contribution in [0.4, 0.5) is 4.79 Å². The Bertz CT molecular complexity index is 428. The van der Waals surface area contributed by atoms with Crippen molar-refractivity contribution < 1.29 is 14.4 Å². The lowest BCUT2D eigenvalue weighted by Crippen LogP contribution is -2.46. The van der Waals surface area contributed by atoms with E-state index in [1.54, 1.807) is 4.90 Å². The first-order chi connectivity index (χ1) is 9.88. The first-order valence-electron chi connectivity index (χ1n) is 7.78. The molecule has 1 atom stereocenters. The van der Waals surface area contributed by atoms with Crippen LogP contribution in [0, 0.1) is 11.8 Å². The van der Waals surface area contributed by atoms with Crippen molar-refractivity contribution in [3.8, 4) is 0 Å². The van der Waals surface area contributed by atoms with E-state index < -0.39 is 12.1 Å². The van der Waals surface area contributed by atoms with E-state index in [9.17, 15) is 14.4 Å². The topological polar surface area (TPSA) is 69.7 Å². The molecule has 0 spiro atoms. The van der Waals surface area contributed by atoms with Crippen molar-refractivity contribution in [2.24, 2.45) is 11.8 Å². The normalized spacial score (nSPS) is 23.9. The summed E-state index contributed by atoms with van der Waals surface area (Å²) in [6.45, 7) is 7.49. The van der Waals surface area contributed by atoms with Gasteiger partial charge < -0.3 is 10.2 Å². The zero-order valence-corrected chi connectivity index (χ0v) is 13.1. The van der Waals surface area contributed by atoms with E-state index in [1.807, 2.05) is 13.8 Å². The predicted molar refractivity (Wildman–Crippen MR) is 78.5 cm³/mol. The van der Waals surface area contributed by atoms with Crippen molar-refractivity contribution in [2.45, 2.75) is 46.1 Å². The molecule has 0 aromatic carbocycles. The summed E-state index contributed by atoms with van der Waals surface area (Å²) in [5.41, 5.74) is 0. The minimum absolute atomic E-state index is 0.129. The standard InChI is InChI=1S/C15H25N3O3/c1-10(2)8-12-14(20)18(15(21)16-12)9-13(19)17-6-4-11(3)5-7-17/h10-12H,4-9H2,1-3H3,(H,16,21). The highest BCUT2D eigenvalue weighted by molar-refractivity contribution is 6.06. The molecule has 0 aliphatic carbocycles. The third-order valence-corrected chi connectivity index (χ3v) is 4.24. The largest absolute Gasteiger partial charge is 0.341 e. The second kappa shape index (κ2) is 6.45. The molecule has 1 unspecified atom stereocenters. The van der Waals surface area contributed by atoms with Gasteiger partial charge in [-0.25, -0.2) is 4.79 Å². The van der Waals surface area contributed by atoms with Gasteiger partial charge in [-0.2, -0.15) is 0 Å². The van der Waals surface area contributed by atoms with Gasteiger partial charge in [-0.05, 0) is 31.1 Å². The summed E-state index contributed by atoms with van der Waals surface area (Å²) in [6, 6.07) is -0.920. The number of urea groups is 1. The van der Waals surface area contributed by atoms with Gasteiger partial charge in [0.2, 0.25) is 5.91 Å². The fourth-order valence-corrected chi connectivity index (χ4v) is 2.85. The van der Waals surface area contributed by atoms with Crippen LogP contribution in [0.3, 0.4) is 0 Å². The molecule has 0 aromatic rings. The number of piperidine rings is 1. The zero-order valence-electron chi connectivity index (χ0n) is 13.1. The first-order valence-corrected chi connectivity index (χ1v) is 7.78. The van der Waals surface area contributed by atoms with Gasteiger partial charge in [-0.15, -0.1) is 0 Å². The summed E-state index contributed by atoms with van der Waals surface area (Å²) in [5, 5.41) is 2.67. The number of nitrogens with one attached hydrogen (secondary N) is 1. The summed E-state index contributed by atoms with van der Waals surface area (Å²) in [7, 11) is 0. The Labute approximate surface area is 125 Å². The summed E-state index contributed by atoms with van der Waals surface area (Å²) >= 11 is 0. The van der Waals surface area contributed by atoms with Crippen LogP contribution < -0.4 is 5.32 Å². The van der Waals surface area contributed by atoms with E-state index in [1.165, 1.54) is 0 Å². The Morgan fingerprint density at radius 3 is 2.48 bits per heavy atom. The number of nitrogens with zero attached hydrogens (tertiary/aromatic N) is 2. The fraction of sp³-hybridized carbons (Fsp3) is 0.800. The van der Waals surface area contributed by atoms with Gasteiger partial charge in [-0.1, -0.05) is 20.8 Å². The SMILES string of the molecule is CC(C)CC1NC(=O)N(CC(=O)N2CCC(C)CC2)C1=O. The number of amides is 4. The quantitative estimate of drug-likeness (QED) is 0.793. The molecule has 2 fully saturated rings. The number of carbonyl (C=O) groups is 3. The average molecular weight is 295 g/mol. The zero-order chi connectivity index (χ0) is 15.6. The molecule has 118 valence electrons. The van der Waals surface area contributed by atoms with Crippen molar-refractivity contribution in [1.82, 2.24) is 15.1 Å². The summed E-state index contributed by atoms with van der Waals surface area (Å²) in [5.74, 6) is 0.558. The molecule has 1 N–H and O–H groups in total. The van der Waals surface area contributed by atoms with Crippen molar-refractivity contribution in [3.05, 3.63) is 0 Å². The monoisotopic (exact) mass is 295 g/mol. The number of carbonyl (C=O) groups excluding carboxylic acids is 3. The van der Waals surface area contributed by atoms with Crippen LogP contribution in [0.2, 0.25) is 0 Å². The minimum Gasteiger partial charge on any atom is -0.341 e. The highest BCUT2D eigenvalue weighted by Crippen LogP contribution is 2.18. The number of imide groups is 1. The molecule has 21 heavy (non-hydrogen) atoms. The second-order valence-corrected chi connectivity index (χ2v) is 6.62. The van der Waals surface area contributed by atoms with Crippen LogP contribution in [0.25, 0.3) is 0 Å². The number of rotatable bonds is 4. The molecule has 4 amide bonds. The number of likely N-dealkylation sites (tertiary alicyclic amines) is 1. The van der Waals surface area contributed by atoms with Gasteiger partial charge in [0.1, 0.15) is 12.6 Å². The van der Waals surface area contributed by atoms with Crippen LogP contribution in [-0.2, 0) is 9.59 Å². The van der Waals surface area contributed by atoms with E-state index in [4.69, 9.17) is 0 Å². The molecule has 2 aliphatic rings. The van der Waals surface area contributed by atoms with Crippen molar-refractivity contribution in [1.29, 1.82) is 0 Å². The van der Waals surface area contributed by atoms with Gasteiger partial charge in [0, 0.05) is 13.1 Å². The predicted octanol–water partition coefficient (Wildman–Crippen LogP) is 1.21. The van der Waals surface area contributed by atoms with Crippen LogP contribution in [0.1, 0.15) is 40.0 Å². The van der Waals surface area contributed by atoms with E-state index in [0.717, 1.165) is 30.8 Å². The maximum Gasteiger partial charge on any atom is 0.325 e. The molecule has 0 aromatic heterocycles. The van der Waals surface area contributed by atoms with Gasteiger partial charge >= 0.3 is 6.03 Å². The lowest BCUT2D eigenvalue weighted by Gasteiger charge is -2.31. The molecule has 2 saturated heterocycles. The third-order valence-electron chi connectivity index (χ3n) is 4.24. The Kier molecular flexibility index (Phi) is 4.85. The average Bonchev–Trinajstić information content (AvgIpc) is 2.66. The molecule has 6 heteroatoms. The molecule has 2 rings (SSSR count). The maximum absolute atomic E-state index is 12.2. The molecule has 6 nitrogen and oxygen atoms in total. The number of hydrogen-bond acceptors (Lipinski definition) is 3. The minimum atomic E-state index is -0.480. The highest BCUT2D eigenvalue weighted by atomic mass is 16.2.